The number of hydrogen-bond donors (Lipinski definition) is 1. The van der Waals surface area contributed by atoms with E-state index in [0.29, 0.717) is 24.1 Å². The molecule has 4 nitrogen and oxygen atoms in total. The number of nitrogens with one attached hydrogen (secondary N) is 1. The molecule has 0 aliphatic rings. The molecule has 0 unspecified atom stereocenters. The highest BCUT2D eigenvalue weighted by atomic mass is 35.5. The van der Waals surface area contributed by atoms with Crippen molar-refractivity contribution < 1.29 is 9.47 Å². The van der Waals surface area contributed by atoms with Crippen LogP contribution in [0, 0.1) is 0 Å². The fourth-order valence-corrected chi connectivity index (χ4v) is 1.71. The van der Waals surface area contributed by atoms with Crippen molar-refractivity contribution in [1.82, 2.24) is 10.3 Å². The van der Waals surface area contributed by atoms with Crippen LogP contribution in [0.15, 0.2) is 12.3 Å². The Bertz CT molecular complexity index is 456. The number of hydrogen-bond acceptors (Lipinski definition) is 4. The van der Waals surface area contributed by atoms with E-state index in [1.165, 1.54) is 0 Å². The molecular formula is C16H27ClN2O2. The Morgan fingerprint density at radius 1 is 1.24 bits per heavy atom. The zero-order chi connectivity index (χ0) is 16.1. The van der Waals surface area contributed by atoms with Crippen LogP contribution in [0.2, 0.25) is 5.02 Å². The number of nitrogens with zero attached hydrogens (tertiary/aromatic N) is 1. The van der Waals surface area contributed by atoms with Gasteiger partial charge in [0.1, 0.15) is 0 Å². The van der Waals surface area contributed by atoms with Crippen molar-refractivity contribution in [2.45, 2.75) is 58.7 Å². The van der Waals surface area contributed by atoms with E-state index in [4.69, 9.17) is 21.1 Å². The van der Waals surface area contributed by atoms with Crippen LogP contribution in [0.3, 0.4) is 0 Å². The summed E-state index contributed by atoms with van der Waals surface area (Å²) in [6, 6.07) is 1.89. The van der Waals surface area contributed by atoms with E-state index in [2.05, 4.69) is 31.1 Å². The van der Waals surface area contributed by atoms with Gasteiger partial charge in [0, 0.05) is 37.9 Å². The van der Waals surface area contributed by atoms with Crippen molar-refractivity contribution in [3.8, 4) is 5.88 Å². The Hall–Kier alpha value is -0.840. The van der Waals surface area contributed by atoms with Crippen molar-refractivity contribution in [2.24, 2.45) is 0 Å². The fraction of sp³-hybridized carbons (Fsp3) is 0.688. The summed E-state index contributed by atoms with van der Waals surface area (Å²) in [5, 5.41) is 4.06. The molecule has 1 rings (SSSR count). The van der Waals surface area contributed by atoms with Crippen molar-refractivity contribution in [3.05, 3.63) is 22.8 Å². The molecule has 1 N–H and O–H groups in total. The smallest absolute Gasteiger partial charge is 0.213 e. The highest BCUT2D eigenvalue weighted by Gasteiger charge is 2.16. The summed E-state index contributed by atoms with van der Waals surface area (Å²) in [4.78, 5) is 4.21. The summed E-state index contributed by atoms with van der Waals surface area (Å²) in [6.07, 6.45) is 2.43. The average molecular weight is 315 g/mol. The molecular weight excluding hydrogens is 288 g/mol. The molecule has 5 heteroatoms. The third-order valence-corrected chi connectivity index (χ3v) is 3.57. The second-order valence-electron chi connectivity index (χ2n) is 6.78. The normalized spacial score (nSPS) is 12.5. The lowest BCUT2D eigenvalue weighted by Gasteiger charge is -2.23. The minimum atomic E-state index is -0.191. The van der Waals surface area contributed by atoms with Crippen molar-refractivity contribution in [1.29, 1.82) is 0 Å². The highest BCUT2D eigenvalue weighted by Crippen LogP contribution is 2.21. The van der Waals surface area contributed by atoms with Gasteiger partial charge in [-0.05, 0) is 40.2 Å². The lowest BCUT2D eigenvalue weighted by molar-refractivity contribution is 0.00508. The standard InChI is InChI=1S/C16H27ClN2O2/c1-15(2,3)19-10-12-9-14(18-11-13(12)17)21-8-7-16(4,5)20-6/h9,11,19H,7-8,10H2,1-6H3. The zero-order valence-corrected chi connectivity index (χ0v) is 14.7. The maximum Gasteiger partial charge on any atom is 0.213 e. The number of aromatic nitrogens is 1. The van der Waals surface area contributed by atoms with E-state index >= 15 is 0 Å². The predicted octanol–water partition coefficient (Wildman–Crippen LogP) is 3.82. The molecule has 21 heavy (non-hydrogen) atoms. The molecule has 0 radical (unpaired) electrons. The molecule has 0 bridgehead atoms. The second-order valence-corrected chi connectivity index (χ2v) is 7.19. The first-order valence-corrected chi connectivity index (χ1v) is 7.58. The molecule has 1 heterocycles. The summed E-state index contributed by atoms with van der Waals surface area (Å²) in [6.45, 7) is 11.7. The first kappa shape index (κ1) is 18.2. The molecule has 0 spiro atoms. The molecule has 0 aliphatic carbocycles. The second kappa shape index (κ2) is 7.43. The monoisotopic (exact) mass is 314 g/mol. The predicted molar refractivity (Wildman–Crippen MR) is 87.0 cm³/mol. The summed E-state index contributed by atoms with van der Waals surface area (Å²) >= 11 is 6.18. The van der Waals surface area contributed by atoms with Crippen LogP contribution >= 0.6 is 11.6 Å². The molecule has 1 aromatic heterocycles. The maximum atomic E-state index is 6.18. The molecule has 0 saturated carbocycles. The van der Waals surface area contributed by atoms with E-state index in [1.54, 1.807) is 13.3 Å². The topological polar surface area (TPSA) is 43.4 Å². The molecule has 0 saturated heterocycles. The largest absolute Gasteiger partial charge is 0.478 e. The van der Waals surface area contributed by atoms with Gasteiger partial charge in [0.2, 0.25) is 5.88 Å². The summed E-state index contributed by atoms with van der Waals surface area (Å²) in [7, 11) is 1.71. The Morgan fingerprint density at radius 3 is 2.48 bits per heavy atom. The average Bonchev–Trinajstić information content (AvgIpc) is 2.38. The zero-order valence-electron chi connectivity index (χ0n) is 13.9. The van der Waals surface area contributed by atoms with Gasteiger partial charge >= 0.3 is 0 Å². The molecule has 0 amide bonds. The maximum absolute atomic E-state index is 6.18. The summed E-state index contributed by atoms with van der Waals surface area (Å²) < 4.78 is 11.1. The van der Waals surface area contributed by atoms with Crippen molar-refractivity contribution >= 4 is 11.6 Å². The number of rotatable bonds is 7. The Kier molecular flexibility index (Phi) is 6.44. The minimum Gasteiger partial charge on any atom is -0.478 e. The van der Waals surface area contributed by atoms with Gasteiger partial charge in [-0.1, -0.05) is 11.6 Å². The number of halogens is 1. The van der Waals surface area contributed by atoms with Crippen LogP contribution in [0.25, 0.3) is 0 Å². The van der Waals surface area contributed by atoms with Crippen molar-refractivity contribution in [3.63, 3.8) is 0 Å². The quantitative estimate of drug-likeness (QED) is 0.831. The minimum absolute atomic E-state index is 0.0378. The van der Waals surface area contributed by atoms with Crippen LogP contribution in [0.1, 0.15) is 46.6 Å². The lowest BCUT2D eigenvalue weighted by atomic mass is 10.1. The molecule has 120 valence electrons. The summed E-state index contributed by atoms with van der Waals surface area (Å²) in [5.74, 6) is 0.594. The van der Waals surface area contributed by atoms with Gasteiger partial charge < -0.3 is 14.8 Å². The Morgan fingerprint density at radius 2 is 1.90 bits per heavy atom. The van der Waals surface area contributed by atoms with Crippen LogP contribution in [-0.4, -0.2) is 29.8 Å². The SMILES string of the molecule is COC(C)(C)CCOc1cc(CNC(C)(C)C)c(Cl)cn1. The van der Waals surface area contributed by atoms with E-state index in [0.717, 1.165) is 12.0 Å². The van der Waals surface area contributed by atoms with Gasteiger partial charge in [0.15, 0.2) is 0 Å². The fourth-order valence-electron chi connectivity index (χ4n) is 1.54. The molecule has 1 aromatic rings. The molecule has 0 atom stereocenters. The Balaban J connectivity index is 2.60. The molecule has 0 aliphatic heterocycles. The van der Waals surface area contributed by atoms with Crippen LogP contribution < -0.4 is 10.1 Å². The van der Waals surface area contributed by atoms with Gasteiger partial charge in [-0.25, -0.2) is 4.98 Å². The van der Waals surface area contributed by atoms with Gasteiger partial charge in [-0.15, -0.1) is 0 Å². The van der Waals surface area contributed by atoms with Crippen molar-refractivity contribution in [2.75, 3.05) is 13.7 Å². The lowest BCUT2D eigenvalue weighted by Crippen LogP contribution is -2.35. The summed E-state index contributed by atoms with van der Waals surface area (Å²) in [5.41, 5.74) is 0.835. The van der Waals surface area contributed by atoms with Gasteiger partial charge in [0.25, 0.3) is 0 Å². The number of ether oxygens (including phenoxy) is 2. The molecule has 0 aromatic carbocycles. The van der Waals surface area contributed by atoms with Gasteiger partial charge in [-0.2, -0.15) is 0 Å². The first-order valence-electron chi connectivity index (χ1n) is 7.20. The number of methoxy groups -OCH3 is 1. The Labute approximate surface area is 133 Å². The molecule has 0 fully saturated rings. The third-order valence-electron chi connectivity index (χ3n) is 3.23. The van der Waals surface area contributed by atoms with E-state index in [1.807, 2.05) is 19.9 Å². The van der Waals surface area contributed by atoms with E-state index in [-0.39, 0.29) is 11.1 Å². The van der Waals surface area contributed by atoms with Crippen LogP contribution in [0.5, 0.6) is 5.88 Å². The third kappa shape index (κ3) is 7.11. The van der Waals surface area contributed by atoms with E-state index < -0.39 is 0 Å². The van der Waals surface area contributed by atoms with Gasteiger partial charge in [-0.3, -0.25) is 0 Å². The van der Waals surface area contributed by atoms with Crippen LogP contribution in [0.4, 0.5) is 0 Å². The van der Waals surface area contributed by atoms with E-state index in [9.17, 15) is 0 Å². The van der Waals surface area contributed by atoms with Gasteiger partial charge in [0.05, 0.1) is 17.2 Å². The number of pyridine rings is 1. The van der Waals surface area contributed by atoms with Crippen LogP contribution in [-0.2, 0) is 11.3 Å². The first-order chi connectivity index (χ1) is 9.63. The highest BCUT2D eigenvalue weighted by molar-refractivity contribution is 6.31.